The molecule has 4 rings (SSSR count). The molecule has 1 amide bonds. The molecule has 1 aliphatic heterocycles. The fourth-order valence-corrected chi connectivity index (χ4v) is 4.95. The van der Waals surface area contributed by atoms with Crippen molar-refractivity contribution >= 4 is 12.1 Å². The second kappa shape index (κ2) is 7.35. The zero-order valence-electron chi connectivity index (χ0n) is 15.2. The number of nitrogens with one attached hydrogen (secondary N) is 1. The highest BCUT2D eigenvalue weighted by molar-refractivity contribution is 5.72. The first-order valence-electron chi connectivity index (χ1n) is 9.59. The number of esters is 1. The Labute approximate surface area is 158 Å². The largest absolute Gasteiger partial charge is 0.465 e. The van der Waals surface area contributed by atoms with Crippen molar-refractivity contribution in [3.8, 4) is 0 Å². The standard InChI is InChI=1S/C21H25NO5/c23-19-8-9-21(27-19)11-15-10-16(22-20(24)25)6-7-17(15)18(21)13-26-12-14-4-2-1-3-5-14/h1-5,7,15-16,18,22H,6,8-13H2,(H,24,25)/t15-,16?,18-,21?/m0/s1. The molecule has 1 heterocycles. The maximum Gasteiger partial charge on any atom is 0.404 e. The van der Waals surface area contributed by atoms with Gasteiger partial charge in [-0.15, -0.1) is 0 Å². The maximum absolute atomic E-state index is 11.9. The number of fused-ring (bicyclic) bond motifs is 1. The third-order valence-electron chi connectivity index (χ3n) is 6.10. The van der Waals surface area contributed by atoms with E-state index in [0.29, 0.717) is 26.1 Å². The lowest BCUT2D eigenvalue weighted by Crippen LogP contribution is -2.37. The summed E-state index contributed by atoms with van der Waals surface area (Å²) < 4.78 is 11.9. The van der Waals surface area contributed by atoms with Crippen LogP contribution in [-0.2, 0) is 20.9 Å². The van der Waals surface area contributed by atoms with E-state index in [0.717, 1.165) is 24.8 Å². The summed E-state index contributed by atoms with van der Waals surface area (Å²) in [5.74, 6) is 0.165. The summed E-state index contributed by atoms with van der Waals surface area (Å²) >= 11 is 0. The lowest BCUT2D eigenvalue weighted by molar-refractivity contribution is -0.152. The predicted molar refractivity (Wildman–Crippen MR) is 98.0 cm³/mol. The number of carboxylic acid groups (broad SMARTS) is 1. The molecule has 2 fully saturated rings. The molecule has 4 atom stereocenters. The van der Waals surface area contributed by atoms with Crippen LogP contribution in [-0.4, -0.2) is 35.4 Å². The van der Waals surface area contributed by atoms with E-state index in [9.17, 15) is 9.59 Å². The van der Waals surface area contributed by atoms with E-state index in [1.165, 1.54) is 5.57 Å². The van der Waals surface area contributed by atoms with Gasteiger partial charge >= 0.3 is 12.1 Å². The predicted octanol–water partition coefficient (Wildman–Crippen LogP) is 3.27. The molecule has 1 saturated heterocycles. The summed E-state index contributed by atoms with van der Waals surface area (Å²) in [6.45, 7) is 1.05. The van der Waals surface area contributed by atoms with Crippen molar-refractivity contribution < 1.29 is 24.2 Å². The molecule has 1 saturated carbocycles. The molecule has 2 unspecified atom stereocenters. The van der Waals surface area contributed by atoms with E-state index < -0.39 is 11.7 Å². The number of benzene rings is 1. The van der Waals surface area contributed by atoms with Gasteiger partial charge in [0.15, 0.2) is 0 Å². The smallest absolute Gasteiger partial charge is 0.404 e. The Morgan fingerprint density at radius 3 is 2.85 bits per heavy atom. The topological polar surface area (TPSA) is 84.9 Å². The van der Waals surface area contributed by atoms with Crippen molar-refractivity contribution in [2.75, 3.05) is 6.61 Å². The SMILES string of the molecule is O=C(O)NC1CC=C2[C@@H](C1)CC1(CCC(=O)O1)[C@H]2COCc1ccccc1. The molecule has 6 heteroatoms. The minimum Gasteiger partial charge on any atom is -0.465 e. The molecular formula is C21H25NO5. The fourth-order valence-electron chi connectivity index (χ4n) is 4.95. The van der Waals surface area contributed by atoms with Crippen LogP contribution in [0, 0.1) is 11.8 Å². The van der Waals surface area contributed by atoms with Gasteiger partial charge in [-0.1, -0.05) is 42.0 Å². The summed E-state index contributed by atoms with van der Waals surface area (Å²) in [6.07, 6.45) is 4.53. The summed E-state index contributed by atoms with van der Waals surface area (Å²) in [7, 11) is 0. The molecule has 0 bridgehead atoms. The first kappa shape index (κ1) is 18.0. The van der Waals surface area contributed by atoms with Gasteiger partial charge in [-0.2, -0.15) is 0 Å². The Hall–Kier alpha value is -2.34. The van der Waals surface area contributed by atoms with Gasteiger partial charge in [0.2, 0.25) is 0 Å². The second-order valence-electron chi connectivity index (χ2n) is 7.82. The molecule has 1 aromatic rings. The lowest BCUT2D eigenvalue weighted by Gasteiger charge is -2.30. The van der Waals surface area contributed by atoms with E-state index in [-0.39, 0.29) is 23.8 Å². The van der Waals surface area contributed by atoms with Gasteiger partial charge in [0.1, 0.15) is 5.60 Å². The highest BCUT2D eigenvalue weighted by atomic mass is 16.6. The molecule has 2 aliphatic carbocycles. The van der Waals surface area contributed by atoms with Crippen molar-refractivity contribution in [2.45, 2.75) is 50.4 Å². The molecule has 1 spiro atoms. The first-order chi connectivity index (χ1) is 13.1. The number of hydrogen-bond acceptors (Lipinski definition) is 4. The van der Waals surface area contributed by atoms with Crippen LogP contribution >= 0.6 is 0 Å². The number of ether oxygens (including phenoxy) is 2. The van der Waals surface area contributed by atoms with Crippen LogP contribution in [0.5, 0.6) is 0 Å². The van der Waals surface area contributed by atoms with Crippen LogP contribution in [0.3, 0.4) is 0 Å². The highest BCUT2D eigenvalue weighted by Gasteiger charge is 2.56. The average molecular weight is 371 g/mol. The number of carbonyl (C=O) groups excluding carboxylic acids is 1. The Morgan fingerprint density at radius 2 is 2.15 bits per heavy atom. The number of carbonyl (C=O) groups is 2. The molecule has 1 aromatic carbocycles. The summed E-state index contributed by atoms with van der Waals surface area (Å²) in [5.41, 5.74) is 1.91. The Kier molecular flexibility index (Phi) is 4.91. The monoisotopic (exact) mass is 371 g/mol. The van der Waals surface area contributed by atoms with Gasteiger partial charge in [-0.25, -0.2) is 4.79 Å². The van der Waals surface area contributed by atoms with Gasteiger partial charge in [0, 0.05) is 18.4 Å². The van der Waals surface area contributed by atoms with Crippen molar-refractivity contribution in [3.63, 3.8) is 0 Å². The summed E-state index contributed by atoms with van der Waals surface area (Å²) in [5, 5.41) is 11.6. The van der Waals surface area contributed by atoms with Crippen LogP contribution in [0.15, 0.2) is 42.0 Å². The van der Waals surface area contributed by atoms with Crippen LogP contribution in [0.25, 0.3) is 0 Å². The van der Waals surface area contributed by atoms with E-state index >= 15 is 0 Å². The molecule has 0 radical (unpaired) electrons. The minimum absolute atomic E-state index is 0.0587. The van der Waals surface area contributed by atoms with Gasteiger partial charge in [-0.3, -0.25) is 4.79 Å². The van der Waals surface area contributed by atoms with Crippen LogP contribution in [0.2, 0.25) is 0 Å². The van der Waals surface area contributed by atoms with E-state index in [1.807, 2.05) is 30.3 Å². The third kappa shape index (κ3) is 3.72. The lowest BCUT2D eigenvalue weighted by atomic mass is 9.83. The molecule has 6 nitrogen and oxygen atoms in total. The maximum atomic E-state index is 11.9. The van der Waals surface area contributed by atoms with Crippen molar-refractivity contribution in [1.82, 2.24) is 5.32 Å². The van der Waals surface area contributed by atoms with Crippen molar-refractivity contribution in [2.24, 2.45) is 11.8 Å². The zero-order valence-corrected chi connectivity index (χ0v) is 15.2. The average Bonchev–Trinajstić information content (AvgIpc) is 3.15. The van der Waals surface area contributed by atoms with Crippen molar-refractivity contribution in [1.29, 1.82) is 0 Å². The number of hydrogen-bond donors (Lipinski definition) is 2. The summed E-state index contributed by atoms with van der Waals surface area (Å²) in [4.78, 5) is 22.9. The van der Waals surface area contributed by atoms with Gasteiger partial charge in [0.25, 0.3) is 0 Å². The quantitative estimate of drug-likeness (QED) is 0.613. The molecule has 27 heavy (non-hydrogen) atoms. The van der Waals surface area contributed by atoms with Crippen molar-refractivity contribution in [3.05, 3.63) is 47.5 Å². The van der Waals surface area contributed by atoms with Gasteiger partial charge in [-0.05, 0) is 37.2 Å². The Balaban J connectivity index is 1.48. The number of rotatable bonds is 5. The number of amides is 1. The van der Waals surface area contributed by atoms with E-state index in [1.54, 1.807) is 0 Å². The first-order valence-corrected chi connectivity index (χ1v) is 9.59. The fraction of sp³-hybridized carbons (Fsp3) is 0.524. The van der Waals surface area contributed by atoms with Gasteiger partial charge in [0.05, 0.1) is 13.2 Å². The van der Waals surface area contributed by atoms with E-state index in [4.69, 9.17) is 14.6 Å². The molecule has 3 aliphatic rings. The second-order valence-corrected chi connectivity index (χ2v) is 7.82. The molecule has 2 N–H and O–H groups in total. The highest BCUT2D eigenvalue weighted by Crippen LogP contribution is 2.54. The van der Waals surface area contributed by atoms with E-state index in [2.05, 4.69) is 11.4 Å². The van der Waals surface area contributed by atoms with Crippen LogP contribution in [0.4, 0.5) is 4.79 Å². The molecule has 144 valence electrons. The zero-order chi connectivity index (χ0) is 18.9. The van der Waals surface area contributed by atoms with Gasteiger partial charge < -0.3 is 19.9 Å². The summed E-state index contributed by atoms with van der Waals surface area (Å²) in [6, 6.07) is 9.95. The van der Waals surface area contributed by atoms with Crippen LogP contribution < -0.4 is 5.32 Å². The third-order valence-corrected chi connectivity index (χ3v) is 6.10. The van der Waals surface area contributed by atoms with Crippen LogP contribution in [0.1, 0.15) is 37.7 Å². The Morgan fingerprint density at radius 1 is 1.33 bits per heavy atom. The minimum atomic E-state index is -0.986. The Bertz CT molecular complexity index is 746. The normalized spacial score (nSPS) is 32.1. The molecular weight excluding hydrogens is 346 g/mol. The molecule has 0 aromatic heterocycles.